The van der Waals surface area contributed by atoms with Crippen LogP contribution in [0.2, 0.25) is 0 Å². The van der Waals surface area contributed by atoms with Gasteiger partial charge in [-0.1, -0.05) is 6.07 Å². The summed E-state index contributed by atoms with van der Waals surface area (Å²) in [6.07, 6.45) is 4.87. The van der Waals surface area contributed by atoms with Gasteiger partial charge >= 0.3 is 12.1 Å². The maximum Gasteiger partial charge on any atom is 0.409 e. The van der Waals surface area contributed by atoms with E-state index in [4.69, 9.17) is 9.72 Å². The summed E-state index contributed by atoms with van der Waals surface area (Å²) in [6.45, 7) is 3.64. The number of hydrogen-bond donors (Lipinski definition) is 0. The first-order chi connectivity index (χ1) is 15.5. The maximum absolute atomic E-state index is 13.3. The number of rotatable bonds is 2. The van der Waals surface area contributed by atoms with Crippen LogP contribution in [-0.2, 0) is 11.3 Å². The Morgan fingerprint density at radius 1 is 1.19 bits per heavy atom. The zero-order valence-electron chi connectivity index (χ0n) is 18.4. The molecule has 0 aromatic carbocycles. The average molecular weight is 452 g/mol. The number of pyridine rings is 2. The number of piperidine rings is 1. The molecule has 0 N–H and O–H groups in total. The van der Waals surface area contributed by atoms with Crippen molar-refractivity contribution in [2.75, 3.05) is 32.1 Å². The van der Waals surface area contributed by atoms with Crippen LogP contribution in [0.1, 0.15) is 24.1 Å². The van der Waals surface area contributed by atoms with Gasteiger partial charge in [-0.3, -0.25) is 9.88 Å². The Labute approximate surface area is 190 Å². The highest BCUT2D eigenvalue weighted by Gasteiger charge is 2.37. The van der Waals surface area contributed by atoms with E-state index >= 15 is 0 Å². The molecule has 9 heteroatoms. The summed E-state index contributed by atoms with van der Waals surface area (Å²) in [7, 11) is 3.22. The van der Waals surface area contributed by atoms with Gasteiger partial charge in [-0.2, -0.15) is 0 Å². The Morgan fingerprint density at radius 2 is 1.97 bits per heavy atom. The van der Waals surface area contributed by atoms with Gasteiger partial charge in [0.15, 0.2) is 0 Å². The monoisotopic (exact) mass is 451 g/mol. The molecule has 166 valence electrons. The zero-order chi connectivity index (χ0) is 22.4. The lowest BCUT2D eigenvalue weighted by Gasteiger charge is -2.43. The van der Waals surface area contributed by atoms with Gasteiger partial charge in [-0.25, -0.2) is 14.6 Å². The molecule has 0 saturated carbocycles. The molecule has 2 aliphatic heterocycles. The van der Waals surface area contributed by atoms with Crippen molar-refractivity contribution in [3.05, 3.63) is 41.9 Å². The smallest absolute Gasteiger partial charge is 0.409 e. The number of thiophene rings is 1. The first kappa shape index (κ1) is 20.7. The van der Waals surface area contributed by atoms with Crippen molar-refractivity contribution in [2.45, 2.75) is 32.4 Å². The Bertz CT molecular complexity index is 1180. The first-order valence-electron chi connectivity index (χ1n) is 10.7. The highest BCUT2D eigenvalue weighted by molar-refractivity contribution is 7.21. The number of nitrogens with zero attached hydrogens (tertiary/aromatic N) is 5. The van der Waals surface area contributed by atoms with Gasteiger partial charge in [0.2, 0.25) is 0 Å². The van der Waals surface area contributed by atoms with Crippen LogP contribution < -0.4 is 4.90 Å². The van der Waals surface area contributed by atoms with E-state index in [9.17, 15) is 9.59 Å². The lowest BCUT2D eigenvalue weighted by molar-refractivity contribution is 0.111. The minimum absolute atomic E-state index is 0.00808. The molecular weight excluding hydrogens is 426 g/mol. The number of aromatic nitrogens is 2. The summed E-state index contributed by atoms with van der Waals surface area (Å²) in [6, 6.07) is 6.21. The molecule has 0 spiro atoms. The number of anilines is 1. The number of amides is 3. The molecule has 5 rings (SSSR count). The van der Waals surface area contributed by atoms with Crippen molar-refractivity contribution in [3.63, 3.8) is 0 Å². The summed E-state index contributed by atoms with van der Waals surface area (Å²) in [5.41, 5.74) is 4.02. The fourth-order valence-electron chi connectivity index (χ4n) is 4.55. The Kier molecular flexibility index (Phi) is 5.21. The second-order valence-electron chi connectivity index (χ2n) is 8.35. The number of carbonyl (C=O) groups excluding carboxylic acids is 2. The van der Waals surface area contributed by atoms with Crippen LogP contribution in [0, 0.1) is 6.92 Å². The second-order valence-corrected chi connectivity index (χ2v) is 9.38. The van der Waals surface area contributed by atoms with Gasteiger partial charge in [-0.15, -0.1) is 11.3 Å². The molecule has 0 aliphatic carbocycles. The van der Waals surface area contributed by atoms with E-state index in [1.165, 1.54) is 7.11 Å². The molecule has 1 saturated heterocycles. The molecule has 3 aromatic rings. The summed E-state index contributed by atoms with van der Waals surface area (Å²) in [4.78, 5) is 41.7. The average Bonchev–Trinajstić information content (AvgIpc) is 3.25. The molecule has 32 heavy (non-hydrogen) atoms. The number of likely N-dealkylation sites (tertiary alicyclic amines) is 1. The topological polar surface area (TPSA) is 78.9 Å². The van der Waals surface area contributed by atoms with Crippen LogP contribution in [-0.4, -0.2) is 65.2 Å². The molecule has 2 aliphatic rings. The van der Waals surface area contributed by atoms with Crippen LogP contribution in [0.4, 0.5) is 15.3 Å². The Hall–Kier alpha value is -3.20. The van der Waals surface area contributed by atoms with Gasteiger partial charge in [0.1, 0.15) is 4.83 Å². The van der Waals surface area contributed by atoms with Crippen LogP contribution in [0.15, 0.2) is 30.6 Å². The lowest BCUT2D eigenvalue weighted by atomic mass is 9.99. The maximum atomic E-state index is 13.3. The standard InChI is InChI=1S/C23H25N5O3S/c1-14-4-5-15(11-24-14)19-10-18-20-16(12-25-21(18)32-19)13-26(2)22(29)28(20)17-6-8-27(9-7-17)23(30)31-3/h4-5,10-12,17H,6-9,13H2,1-3H3. The quantitative estimate of drug-likeness (QED) is 0.581. The molecule has 8 nitrogen and oxygen atoms in total. The summed E-state index contributed by atoms with van der Waals surface area (Å²) in [5, 5.41) is 1.000. The third kappa shape index (κ3) is 3.46. The lowest BCUT2D eigenvalue weighted by Crippen LogP contribution is -2.54. The SMILES string of the molecule is COC(=O)N1CCC(N2C(=O)N(C)Cc3cnc4sc(-c5ccc(C)nc5)cc4c32)CC1. The van der Waals surface area contributed by atoms with Gasteiger partial charge < -0.3 is 14.5 Å². The van der Waals surface area contributed by atoms with E-state index in [1.54, 1.807) is 21.1 Å². The van der Waals surface area contributed by atoms with E-state index in [0.717, 1.165) is 37.6 Å². The van der Waals surface area contributed by atoms with Gasteiger partial charge in [0.25, 0.3) is 0 Å². The van der Waals surface area contributed by atoms with Crippen LogP contribution >= 0.6 is 11.3 Å². The highest BCUT2D eigenvalue weighted by atomic mass is 32.1. The van der Waals surface area contributed by atoms with Gasteiger partial charge in [0, 0.05) is 65.7 Å². The number of urea groups is 1. The molecule has 5 heterocycles. The van der Waals surface area contributed by atoms with Crippen LogP contribution in [0.25, 0.3) is 20.7 Å². The molecule has 3 amide bonds. The predicted octanol–water partition coefficient (Wildman–Crippen LogP) is 4.27. The van der Waals surface area contributed by atoms with E-state index in [2.05, 4.69) is 17.1 Å². The number of carbonyl (C=O) groups is 2. The minimum atomic E-state index is -0.313. The van der Waals surface area contributed by atoms with Crippen molar-refractivity contribution in [2.24, 2.45) is 0 Å². The summed E-state index contributed by atoms with van der Waals surface area (Å²) < 4.78 is 4.86. The van der Waals surface area contributed by atoms with E-state index in [1.807, 2.05) is 37.3 Å². The minimum Gasteiger partial charge on any atom is -0.453 e. The van der Waals surface area contributed by atoms with Crippen molar-refractivity contribution in [1.29, 1.82) is 0 Å². The van der Waals surface area contributed by atoms with E-state index in [0.29, 0.717) is 32.5 Å². The second kappa shape index (κ2) is 8.05. The largest absolute Gasteiger partial charge is 0.453 e. The number of aryl methyl sites for hydroxylation is 1. The predicted molar refractivity (Wildman–Crippen MR) is 124 cm³/mol. The Balaban J connectivity index is 1.55. The zero-order valence-corrected chi connectivity index (χ0v) is 19.2. The van der Waals surface area contributed by atoms with Crippen molar-refractivity contribution >= 4 is 39.4 Å². The molecule has 0 bridgehead atoms. The third-order valence-corrected chi connectivity index (χ3v) is 7.34. The van der Waals surface area contributed by atoms with Gasteiger partial charge in [0.05, 0.1) is 19.3 Å². The van der Waals surface area contributed by atoms with Gasteiger partial charge in [-0.05, 0) is 31.9 Å². The molecule has 0 radical (unpaired) electrons. The van der Waals surface area contributed by atoms with Crippen molar-refractivity contribution in [1.82, 2.24) is 19.8 Å². The number of hydrogen-bond acceptors (Lipinski definition) is 6. The molecule has 0 atom stereocenters. The van der Waals surface area contributed by atoms with E-state index < -0.39 is 0 Å². The number of ether oxygens (including phenoxy) is 1. The molecule has 1 fully saturated rings. The van der Waals surface area contributed by atoms with Crippen molar-refractivity contribution < 1.29 is 14.3 Å². The van der Waals surface area contributed by atoms with E-state index in [-0.39, 0.29) is 18.2 Å². The molecule has 0 unspecified atom stereocenters. The number of fused-ring (bicyclic) bond motifs is 3. The normalized spacial score (nSPS) is 17.1. The molecule has 3 aromatic heterocycles. The summed E-state index contributed by atoms with van der Waals surface area (Å²) in [5.74, 6) is 0. The summed E-state index contributed by atoms with van der Waals surface area (Å²) >= 11 is 1.61. The highest BCUT2D eigenvalue weighted by Crippen LogP contribution is 2.42. The Morgan fingerprint density at radius 3 is 2.66 bits per heavy atom. The van der Waals surface area contributed by atoms with Crippen LogP contribution in [0.5, 0.6) is 0 Å². The fourth-order valence-corrected chi connectivity index (χ4v) is 5.55. The van der Waals surface area contributed by atoms with Crippen molar-refractivity contribution in [3.8, 4) is 10.4 Å². The fraction of sp³-hybridized carbons (Fsp3) is 0.391. The van der Waals surface area contributed by atoms with Crippen LogP contribution in [0.3, 0.4) is 0 Å². The molecular formula is C23H25N5O3S. The number of methoxy groups -OCH3 is 1. The first-order valence-corrected chi connectivity index (χ1v) is 11.5. The third-order valence-electron chi connectivity index (χ3n) is 6.25.